The van der Waals surface area contributed by atoms with E-state index < -0.39 is 0 Å². The van der Waals surface area contributed by atoms with Crippen molar-refractivity contribution >= 4 is 11.7 Å². The minimum atomic E-state index is -0.328. The molecule has 1 N–H and O–H groups in total. The number of nitrogens with zero attached hydrogens (tertiary/aromatic N) is 2. The van der Waals surface area contributed by atoms with Gasteiger partial charge in [-0.05, 0) is 17.7 Å². The first-order valence-corrected chi connectivity index (χ1v) is 5.46. The molecule has 0 unspecified atom stereocenters. The Morgan fingerprint density at radius 1 is 1.22 bits per heavy atom. The Kier molecular flexibility index (Phi) is 3.86. The number of ether oxygens (including phenoxy) is 1. The van der Waals surface area contributed by atoms with Gasteiger partial charge in [-0.1, -0.05) is 12.1 Å². The number of anilines is 1. The molecule has 0 atom stereocenters. The van der Waals surface area contributed by atoms with Crippen molar-refractivity contribution in [1.29, 1.82) is 0 Å². The van der Waals surface area contributed by atoms with Gasteiger partial charge >= 0.3 is 5.97 Å². The lowest BCUT2D eigenvalue weighted by molar-refractivity contribution is 0.0600. The Labute approximate surface area is 105 Å². The van der Waals surface area contributed by atoms with Crippen LogP contribution in [0.5, 0.6) is 0 Å². The van der Waals surface area contributed by atoms with Crippen LogP contribution >= 0.6 is 0 Å². The molecule has 1 heterocycles. The van der Waals surface area contributed by atoms with E-state index in [-0.39, 0.29) is 5.97 Å². The van der Waals surface area contributed by atoms with E-state index in [1.165, 1.54) is 13.4 Å². The van der Waals surface area contributed by atoms with E-state index in [2.05, 4.69) is 20.0 Å². The molecule has 18 heavy (non-hydrogen) atoms. The number of methoxy groups -OCH3 is 1. The Hall–Kier alpha value is -2.43. The second kappa shape index (κ2) is 5.77. The van der Waals surface area contributed by atoms with Gasteiger partial charge in [-0.3, -0.25) is 0 Å². The summed E-state index contributed by atoms with van der Waals surface area (Å²) in [5, 5.41) is 3.18. The average Bonchev–Trinajstić information content (AvgIpc) is 2.46. The van der Waals surface area contributed by atoms with Crippen molar-refractivity contribution in [1.82, 2.24) is 9.97 Å². The molecule has 1 aromatic carbocycles. The highest BCUT2D eigenvalue weighted by atomic mass is 16.5. The van der Waals surface area contributed by atoms with Crippen LogP contribution in [0, 0.1) is 0 Å². The predicted molar refractivity (Wildman–Crippen MR) is 67.1 cm³/mol. The molecule has 0 aliphatic heterocycles. The van der Waals surface area contributed by atoms with E-state index in [9.17, 15) is 4.79 Å². The quantitative estimate of drug-likeness (QED) is 0.830. The summed E-state index contributed by atoms with van der Waals surface area (Å²) in [4.78, 5) is 19.1. The number of hydrogen-bond donors (Lipinski definition) is 1. The number of rotatable bonds is 4. The number of aromatic nitrogens is 2. The van der Waals surface area contributed by atoms with Crippen LogP contribution in [-0.2, 0) is 11.3 Å². The van der Waals surface area contributed by atoms with Crippen molar-refractivity contribution in [2.24, 2.45) is 0 Å². The third-order valence-corrected chi connectivity index (χ3v) is 2.43. The predicted octanol–water partition coefficient (Wildman–Crippen LogP) is 1.88. The molecule has 0 fully saturated rings. The van der Waals surface area contributed by atoms with Gasteiger partial charge in [-0.25, -0.2) is 14.8 Å². The SMILES string of the molecule is COC(=O)c1ccc(CNc2cncnc2)cc1. The van der Waals surface area contributed by atoms with Crippen LogP contribution in [-0.4, -0.2) is 23.0 Å². The normalized spacial score (nSPS) is 9.83. The summed E-state index contributed by atoms with van der Waals surface area (Å²) in [5.74, 6) is -0.328. The smallest absolute Gasteiger partial charge is 0.337 e. The molecule has 92 valence electrons. The van der Waals surface area contributed by atoms with Crippen LogP contribution in [0.2, 0.25) is 0 Å². The van der Waals surface area contributed by atoms with E-state index in [0.29, 0.717) is 12.1 Å². The number of hydrogen-bond acceptors (Lipinski definition) is 5. The largest absolute Gasteiger partial charge is 0.465 e. The molecule has 2 aromatic rings. The van der Waals surface area contributed by atoms with Gasteiger partial charge in [0.25, 0.3) is 0 Å². The Balaban J connectivity index is 1.97. The first kappa shape index (κ1) is 12.0. The average molecular weight is 243 g/mol. The zero-order chi connectivity index (χ0) is 12.8. The Bertz CT molecular complexity index is 512. The monoisotopic (exact) mass is 243 g/mol. The van der Waals surface area contributed by atoms with Crippen molar-refractivity contribution in [2.75, 3.05) is 12.4 Å². The molecular weight excluding hydrogens is 230 g/mol. The van der Waals surface area contributed by atoms with Gasteiger partial charge in [0.15, 0.2) is 0 Å². The van der Waals surface area contributed by atoms with E-state index in [1.807, 2.05) is 12.1 Å². The number of carbonyl (C=O) groups excluding carboxylic acids is 1. The van der Waals surface area contributed by atoms with Gasteiger partial charge in [-0.15, -0.1) is 0 Å². The highest BCUT2D eigenvalue weighted by Crippen LogP contribution is 2.08. The molecule has 0 saturated heterocycles. The summed E-state index contributed by atoms with van der Waals surface area (Å²) in [5.41, 5.74) is 2.46. The maximum Gasteiger partial charge on any atom is 0.337 e. The highest BCUT2D eigenvalue weighted by molar-refractivity contribution is 5.89. The molecule has 1 aromatic heterocycles. The summed E-state index contributed by atoms with van der Waals surface area (Å²) in [6, 6.07) is 7.24. The van der Waals surface area contributed by atoms with Crippen LogP contribution in [0.25, 0.3) is 0 Å². The van der Waals surface area contributed by atoms with Gasteiger partial charge in [0.05, 0.1) is 30.8 Å². The summed E-state index contributed by atoms with van der Waals surface area (Å²) in [6.45, 7) is 0.648. The van der Waals surface area contributed by atoms with E-state index in [1.54, 1.807) is 24.5 Å². The van der Waals surface area contributed by atoms with Gasteiger partial charge in [-0.2, -0.15) is 0 Å². The summed E-state index contributed by atoms with van der Waals surface area (Å²) >= 11 is 0. The first-order valence-electron chi connectivity index (χ1n) is 5.46. The van der Waals surface area contributed by atoms with E-state index in [0.717, 1.165) is 11.3 Å². The molecule has 0 radical (unpaired) electrons. The Morgan fingerprint density at radius 2 is 1.89 bits per heavy atom. The van der Waals surface area contributed by atoms with Crippen molar-refractivity contribution in [3.8, 4) is 0 Å². The first-order chi connectivity index (χ1) is 8.79. The maximum absolute atomic E-state index is 11.2. The van der Waals surface area contributed by atoms with Crippen LogP contribution in [0.3, 0.4) is 0 Å². The number of carbonyl (C=O) groups is 1. The van der Waals surface area contributed by atoms with Crippen LogP contribution < -0.4 is 5.32 Å². The Morgan fingerprint density at radius 3 is 2.50 bits per heavy atom. The fourth-order valence-corrected chi connectivity index (χ4v) is 1.47. The minimum Gasteiger partial charge on any atom is -0.465 e. The number of nitrogens with one attached hydrogen (secondary N) is 1. The lowest BCUT2D eigenvalue weighted by Gasteiger charge is -2.06. The van der Waals surface area contributed by atoms with Crippen molar-refractivity contribution in [3.63, 3.8) is 0 Å². The van der Waals surface area contributed by atoms with Crippen LogP contribution in [0.15, 0.2) is 43.0 Å². The highest BCUT2D eigenvalue weighted by Gasteiger charge is 2.03. The summed E-state index contributed by atoms with van der Waals surface area (Å²) in [7, 11) is 1.37. The fourth-order valence-electron chi connectivity index (χ4n) is 1.47. The zero-order valence-electron chi connectivity index (χ0n) is 9.96. The number of esters is 1. The van der Waals surface area contributed by atoms with E-state index >= 15 is 0 Å². The van der Waals surface area contributed by atoms with Gasteiger partial charge < -0.3 is 10.1 Å². The molecular formula is C13H13N3O2. The molecule has 0 saturated carbocycles. The second-order valence-corrected chi connectivity index (χ2v) is 3.67. The van der Waals surface area contributed by atoms with Gasteiger partial charge in [0.2, 0.25) is 0 Å². The third-order valence-electron chi connectivity index (χ3n) is 2.43. The zero-order valence-corrected chi connectivity index (χ0v) is 9.96. The van der Waals surface area contributed by atoms with Crippen LogP contribution in [0.4, 0.5) is 5.69 Å². The molecule has 0 aliphatic carbocycles. The van der Waals surface area contributed by atoms with Gasteiger partial charge in [0, 0.05) is 6.54 Å². The molecule has 2 rings (SSSR count). The standard InChI is InChI=1S/C13H13N3O2/c1-18-13(17)11-4-2-10(3-5-11)6-16-12-7-14-9-15-8-12/h2-5,7-9,16H,6H2,1H3. The molecule has 0 aliphatic rings. The third kappa shape index (κ3) is 3.04. The van der Waals surface area contributed by atoms with Crippen molar-refractivity contribution in [2.45, 2.75) is 6.54 Å². The minimum absolute atomic E-state index is 0.328. The van der Waals surface area contributed by atoms with E-state index in [4.69, 9.17) is 0 Å². The molecule has 0 bridgehead atoms. The molecule has 0 amide bonds. The van der Waals surface area contributed by atoms with Crippen molar-refractivity contribution in [3.05, 3.63) is 54.1 Å². The van der Waals surface area contributed by atoms with Gasteiger partial charge in [0.1, 0.15) is 6.33 Å². The summed E-state index contributed by atoms with van der Waals surface area (Å²) in [6.07, 6.45) is 4.89. The van der Waals surface area contributed by atoms with Crippen molar-refractivity contribution < 1.29 is 9.53 Å². The topological polar surface area (TPSA) is 64.1 Å². The lowest BCUT2D eigenvalue weighted by Crippen LogP contribution is -2.03. The maximum atomic E-state index is 11.2. The molecule has 5 nitrogen and oxygen atoms in total. The summed E-state index contributed by atoms with van der Waals surface area (Å²) < 4.78 is 4.63. The number of benzene rings is 1. The second-order valence-electron chi connectivity index (χ2n) is 3.67. The van der Waals surface area contributed by atoms with Crippen LogP contribution in [0.1, 0.15) is 15.9 Å². The lowest BCUT2D eigenvalue weighted by atomic mass is 10.1. The molecule has 5 heteroatoms. The molecule has 0 spiro atoms. The fraction of sp³-hybridized carbons (Fsp3) is 0.154.